The van der Waals surface area contributed by atoms with Gasteiger partial charge in [-0.3, -0.25) is 4.79 Å². The number of amides is 3. The van der Waals surface area contributed by atoms with Gasteiger partial charge in [0.05, 0.1) is 12.8 Å². The van der Waals surface area contributed by atoms with Crippen LogP contribution in [0.5, 0.6) is 5.75 Å². The molecule has 3 aromatic rings. The number of aryl methyl sites for hydroxylation is 1. The van der Waals surface area contributed by atoms with Crippen molar-refractivity contribution in [2.45, 2.75) is 6.92 Å². The number of benzene rings is 3. The van der Waals surface area contributed by atoms with Gasteiger partial charge in [0.25, 0.3) is 5.91 Å². The molecule has 0 aliphatic heterocycles. The van der Waals surface area contributed by atoms with E-state index in [2.05, 4.69) is 16.0 Å². The highest BCUT2D eigenvalue weighted by Gasteiger charge is 2.14. The summed E-state index contributed by atoms with van der Waals surface area (Å²) in [4.78, 5) is 24.7. The van der Waals surface area contributed by atoms with E-state index in [1.807, 2.05) is 13.0 Å². The van der Waals surface area contributed by atoms with E-state index in [9.17, 15) is 9.59 Å². The quantitative estimate of drug-likeness (QED) is 0.516. The van der Waals surface area contributed by atoms with E-state index in [1.165, 1.54) is 7.11 Å². The summed E-state index contributed by atoms with van der Waals surface area (Å²) in [6, 6.07) is 18.7. The molecule has 0 saturated heterocycles. The monoisotopic (exact) mass is 409 g/mol. The van der Waals surface area contributed by atoms with E-state index in [-0.39, 0.29) is 5.91 Å². The van der Waals surface area contributed by atoms with Crippen LogP contribution >= 0.6 is 11.6 Å². The van der Waals surface area contributed by atoms with Crippen molar-refractivity contribution in [3.05, 3.63) is 82.9 Å². The van der Waals surface area contributed by atoms with Crippen LogP contribution in [-0.2, 0) is 0 Å². The van der Waals surface area contributed by atoms with Gasteiger partial charge in [-0.1, -0.05) is 35.9 Å². The molecule has 0 radical (unpaired) electrons. The maximum absolute atomic E-state index is 12.4. The van der Waals surface area contributed by atoms with Crippen LogP contribution in [0.3, 0.4) is 0 Å². The van der Waals surface area contributed by atoms with E-state index in [4.69, 9.17) is 16.3 Å². The second kappa shape index (κ2) is 9.12. The molecule has 0 aliphatic carbocycles. The molecule has 3 N–H and O–H groups in total. The lowest BCUT2D eigenvalue weighted by atomic mass is 10.1. The van der Waals surface area contributed by atoms with Crippen molar-refractivity contribution in [1.82, 2.24) is 0 Å². The van der Waals surface area contributed by atoms with Crippen molar-refractivity contribution >= 4 is 40.6 Å². The number of anilines is 3. The van der Waals surface area contributed by atoms with Crippen LogP contribution in [-0.4, -0.2) is 19.0 Å². The van der Waals surface area contributed by atoms with Gasteiger partial charge in [0.1, 0.15) is 5.75 Å². The van der Waals surface area contributed by atoms with Crippen molar-refractivity contribution in [2.24, 2.45) is 0 Å². The Morgan fingerprint density at radius 3 is 2.31 bits per heavy atom. The Morgan fingerprint density at radius 1 is 0.862 bits per heavy atom. The topological polar surface area (TPSA) is 79.5 Å². The number of urea groups is 1. The Morgan fingerprint density at radius 2 is 1.62 bits per heavy atom. The minimum Gasteiger partial charge on any atom is -0.494 e. The predicted octanol–water partition coefficient (Wildman–Crippen LogP) is 5.55. The van der Waals surface area contributed by atoms with E-state index in [1.54, 1.807) is 60.7 Å². The molecule has 29 heavy (non-hydrogen) atoms. The van der Waals surface area contributed by atoms with Gasteiger partial charge in [-0.15, -0.1) is 0 Å². The van der Waals surface area contributed by atoms with Crippen molar-refractivity contribution in [3.63, 3.8) is 0 Å². The second-order valence-electron chi connectivity index (χ2n) is 6.28. The first-order chi connectivity index (χ1) is 14.0. The Labute approximate surface area is 173 Å². The highest BCUT2D eigenvalue weighted by atomic mass is 35.5. The first kappa shape index (κ1) is 20.2. The Balaban J connectivity index is 1.75. The van der Waals surface area contributed by atoms with Crippen LogP contribution in [0.2, 0.25) is 5.02 Å². The molecule has 0 atom stereocenters. The summed E-state index contributed by atoms with van der Waals surface area (Å²) in [5, 5.41) is 8.85. The van der Waals surface area contributed by atoms with Crippen molar-refractivity contribution < 1.29 is 14.3 Å². The number of carbonyl (C=O) groups is 2. The lowest BCUT2D eigenvalue weighted by Crippen LogP contribution is -2.20. The number of rotatable bonds is 5. The number of methoxy groups -OCH3 is 1. The Kier molecular flexibility index (Phi) is 6.36. The molecule has 7 heteroatoms. The number of hydrogen-bond donors (Lipinski definition) is 3. The maximum Gasteiger partial charge on any atom is 0.323 e. The van der Waals surface area contributed by atoms with Gasteiger partial charge in [-0.25, -0.2) is 4.79 Å². The summed E-state index contributed by atoms with van der Waals surface area (Å²) >= 11 is 5.93. The number of halogens is 1. The molecule has 0 saturated carbocycles. The second-order valence-corrected chi connectivity index (χ2v) is 6.71. The van der Waals surface area contributed by atoms with Gasteiger partial charge in [0.15, 0.2) is 0 Å². The van der Waals surface area contributed by atoms with Gasteiger partial charge < -0.3 is 20.7 Å². The van der Waals surface area contributed by atoms with Crippen LogP contribution in [0.15, 0.2) is 66.7 Å². The highest BCUT2D eigenvalue weighted by molar-refractivity contribution is 6.30. The fourth-order valence-electron chi connectivity index (χ4n) is 2.72. The summed E-state index contributed by atoms with van der Waals surface area (Å²) in [6.07, 6.45) is 0. The zero-order valence-electron chi connectivity index (χ0n) is 16.0. The molecule has 0 fully saturated rings. The average Bonchev–Trinajstić information content (AvgIpc) is 2.70. The van der Waals surface area contributed by atoms with Gasteiger partial charge >= 0.3 is 6.03 Å². The van der Waals surface area contributed by atoms with E-state index in [0.29, 0.717) is 33.4 Å². The zero-order chi connectivity index (χ0) is 20.8. The molecule has 0 unspecified atom stereocenters. The van der Waals surface area contributed by atoms with Crippen molar-refractivity contribution in [3.8, 4) is 5.75 Å². The minimum atomic E-state index is -0.439. The Hall–Kier alpha value is -3.51. The molecule has 3 rings (SSSR count). The third-order valence-corrected chi connectivity index (χ3v) is 4.40. The van der Waals surface area contributed by atoms with Crippen LogP contribution in [0, 0.1) is 6.92 Å². The average molecular weight is 410 g/mol. The molecular formula is C22H20ClN3O3. The largest absolute Gasteiger partial charge is 0.494 e. The van der Waals surface area contributed by atoms with Gasteiger partial charge in [0.2, 0.25) is 0 Å². The van der Waals surface area contributed by atoms with Gasteiger partial charge in [-0.2, -0.15) is 0 Å². The lowest BCUT2D eigenvalue weighted by Gasteiger charge is -2.16. The molecule has 0 aliphatic rings. The zero-order valence-corrected chi connectivity index (χ0v) is 16.7. The van der Waals surface area contributed by atoms with Crippen LogP contribution in [0.25, 0.3) is 0 Å². The molecule has 3 amide bonds. The molecule has 0 aromatic heterocycles. The summed E-state index contributed by atoms with van der Waals surface area (Å²) in [6.45, 7) is 1.83. The van der Waals surface area contributed by atoms with Gasteiger partial charge in [-0.05, 0) is 48.9 Å². The molecule has 148 valence electrons. The normalized spacial score (nSPS) is 10.2. The molecule has 6 nitrogen and oxygen atoms in total. The summed E-state index contributed by atoms with van der Waals surface area (Å²) < 4.78 is 5.38. The van der Waals surface area contributed by atoms with E-state index < -0.39 is 6.03 Å². The van der Waals surface area contributed by atoms with Crippen molar-refractivity contribution in [2.75, 3.05) is 23.1 Å². The van der Waals surface area contributed by atoms with Crippen LogP contribution < -0.4 is 20.7 Å². The summed E-state index contributed by atoms with van der Waals surface area (Å²) in [5.41, 5.74) is 2.96. The molecular weight excluding hydrogens is 390 g/mol. The third kappa shape index (κ3) is 5.27. The van der Waals surface area contributed by atoms with Crippen LogP contribution in [0.1, 0.15) is 15.9 Å². The van der Waals surface area contributed by atoms with Crippen LogP contribution in [0.4, 0.5) is 21.9 Å². The Bertz CT molecular complexity index is 1040. The molecule has 3 aromatic carbocycles. The first-order valence-electron chi connectivity index (χ1n) is 8.85. The summed E-state index contributed by atoms with van der Waals surface area (Å²) in [7, 11) is 1.49. The summed E-state index contributed by atoms with van der Waals surface area (Å²) in [5.74, 6) is 0.190. The molecule has 0 heterocycles. The smallest absolute Gasteiger partial charge is 0.323 e. The highest BCUT2D eigenvalue weighted by Crippen LogP contribution is 2.31. The third-order valence-electron chi connectivity index (χ3n) is 4.16. The van der Waals surface area contributed by atoms with E-state index in [0.717, 1.165) is 5.56 Å². The lowest BCUT2D eigenvalue weighted by molar-refractivity contribution is 0.102. The van der Waals surface area contributed by atoms with Gasteiger partial charge in [0, 0.05) is 28.0 Å². The molecule has 0 spiro atoms. The number of ether oxygens (including phenoxy) is 1. The predicted molar refractivity (Wildman–Crippen MR) is 116 cm³/mol. The fourth-order valence-corrected chi connectivity index (χ4v) is 2.91. The number of carbonyl (C=O) groups excluding carboxylic acids is 2. The standard InChI is InChI=1S/C22H20ClN3O3/c1-14-11-19(26-22(28)24-17-10-6-9-16(23)12-17)20(29-2)13-18(14)25-21(27)15-7-4-3-5-8-15/h3-13H,1-2H3,(H,25,27)(H2,24,26,28). The fraction of sp³-hybridized carbons (Fsp3) is 0.0909. The SMILES string of the molecule is COc1cc(NC(=O)c2ccccc2)c(C)cc1NC(=O)Nc1cccc(Cl)c1. The number of nitrogens with one attached hydrogen (secondary N) is 3. The minimum absolute atomic E-state index is 0.227. The maximum atomic E-state index is 12.4. The van der Waals surface area contributed by atoms with E-state index >= 15 is 0 Å². The number of hydrogen-bond acceptors (Lipinski definition) is 3. The molecule has 0 bridgehead atoms. The van der Waals surface area contributed by atoms with Crippen molar-refractivity contribution in [1.29, 1.82) is 0 Å². The first-order valence-corrected chi connectivity index (χ1v) is 9.22.